The van der Waals surface area contributed by atoms with E-state index < -0.39 is 0 Å². The third kappa shape index (κ3) is 8.57. The SMILES string of the molecule is CCCCCCCCCC1OC1CCC(=O)OCCC. The maximum Gasteiger partial charge on any atom is 0.305 e. The highest BCUT2D eigenvalue weighted by Crippen LogP contribution is 2.31. The van der Waals surface area contributed by atoms with Crippen molar-refractivity contribution in [1.82, 2.24) is 0 Å². The number of unbranched alkanes of at least 4 members (excludes halogenated alkanes) is 6. The molecule has 1 rings (SSSR count). The molecule has 0 N–H and O–H groups in total. The van der Waals surface area contributed by atoms with Crippen LogP contribution in [-0.2, 0) is 14.3 Å². The molecule has 0 spiro atoms. The Morgan fingerprint density at radius 2 is 1.55 bits per heavy atom. The summed E-state index contributed by atoms with van der Waals surface area (Å²) in [6.45, 7) is 4.81. The van der Waals surface area contributed by atoms with Gasteiger partial charge in [-0.3, -0.25) is 4.79 Å². The van der Waals surface area contributed by atoms with Crippen LogP contribution in [0.1, 0.15) is 84.5 Å². The third-order valence-corrected chi connectivity index (χ3v) is 3.88. The molecule has 1 heterocycles. The maximum absolute atomic E-state index is 11.3. The van der Waals surface area contributed by atoms with Gasteiger partial charge in [0.15, 0.2) is 0 Å². The standard InChI is InChI=1S/C17H32O3/c1-3-5-6-7-8-9-10-11-15-16(20-15)12-13-17(18)19-14-4-2/h15-16H,3-14H2,1-2H3. The van der Waals surface area contributed by atoms with Crippen LogP contribution in [0.5, 0.6) is 0 Å². The zero-order valence-electron chi connectivity index (χ0n) is 13.4. The number of rotatable bonds is 13. The zero-order chi connectivity index (χ0) is 14.6. The van der Waals surface area contributed by atoms with E-state index in [1.165, 1.54) is 51.4 Å². The van der Waals surface area contributed by atoms with E-state index in [1.807, 2.05) is 6.92 Å². The van der Waals surface area contributed by atoms with Gasteiger partial charge in [-0.15, -0.1) is 0 Å². The molecule has 3 heteroatoms. The molecule has 0 saturated carbocycles. The van der Waals surface area contributed by atoms with Crippen molar-refractivity contribution >= 4 is 5.97 Å². The molecule has 1 saturated heterocycles. The average Bonchev–Trinajstić information content (AvgIpc) is 3.20. The summed E-state index contributed by atoms with van der Waals surface area (Å²) in [6, 6.07) is 0. The molecule has 1 aliphatic rings. The van der Waals surface area contributed by atoms with Crippen molar-refractivity contribution in [2.45, 2.75) is 96.7 Å². The predicted molar refractivity (Wildman–Crippen MR) is 81.8 cm³/mol. The van der Waals surface area contributed by atoms with Gasteiger partial charge in [-0.2, -0.15) is 0 Å². The Morgan fingerprint density at radius 1 is 0.900 bits per heavy atom. The highest BCUT2D eigenvalue weighted by molar-refractivity contribution is 5.69. The number of carbonyl (C=O) groups is 1. The zero-order valence-corrected chi connectivity index (χ0v) is 13.4. The first kappa shape index (κ1) is 17.5. The lowest BCUT2D eigenvalue weighted by molar-refractivity contribution is -0.143. The molecule has 0 amide bonds. The molecule has 0 aromatic rings. The molecule has 20 heavy (non-hydrogen) atoms. The number of ether oxygens (including phenoxy) is 2. The molecule has 1 aliphatic heterocycles. The number of carbonyl (C=O) groups excluding carboxylic acids is 1. The van der Waals surface area contributed by atoms with Gasteiger partial charge >= 0.3 is 5.97 Å². The number of esters is 1. The molecule has 0 aromatic heterocycles. The second kappa shape index (κ2) is 11.1. The van der Waals surface area contributed by atoms with E-state index in [1.54, 1.807) is 0 Å². The van der Waals surface area contributed by atoms with Gasteiger partial charge in [0.25, 0.3) is 0 Å². The fraction of sp³-hybridized carbons (Fsp3) is 0.941. The van der Waals surface area contributed by atoms with Crippen LogP contribution in [0.2, 0.25) is 0 Å². The molecule has 2 unspecified atom stereocenters. The Kier molecular flexibility index (Phi) is 9.73. The third-order valence-electron chi connectivity index (χ3n) is 3.88. The molecular weight excluding hydrogens is 252 g/mol. The van der Waals surface area contributed by atoms with E-state index in [2.05, 4.69) is 6.92 Å². The Labute approximate surface area is 124 Å². The van der Waals surface area contributed by atoms with Crippen LogP contribution in [0.15, 0.2) is 0 Å². The van der Waals surface area contributed by atoms with Crippen molar-refractivity contribution in [3.8, 4) is 0 Å². The van der Waals surface area contributed by atoms with Crippen molar-refractivity contribution < 1.29 is 14.3 Å². The van der Waals surface area contributed by atoms with Gasteiger partial charge in [0, 0.05) is 6.42 Å². The summed E-state index contributed by atoms with van der Waals surface area (Å²) in [5.74, 6) is -0.0722. The van der Waals surface area contributed by atoms with E-state index in [0.717, 1.165) is 12.8 Å². The first-order valence-electron chi connectivity index (χ1n) is 8.59. The molecule has 0 aromatic carbocycles. The summed E-state index contributed by atoms with van der Waals surface area (Å²) in [7, 11) is 0. The van der Waals surface area contributed by atoms with Gasteiger partial charge in [0.2, 0.25) is 0 Å². The van der Waals surface area contributed by atoms with E-state index in [9.17, 15) is 4.79 Å². The second-order valence-corrected chi connectivity index (χ2v) is 5.88. The van der Waals surface area contributed by atoms with Crippen LogP contribution >= 0.6 is 0 Å². The minimum atomic E-state index is -0.0722. The topological polar surface area (TPSA) is 38.8 Å². The molecule has 0 bridgehead atoms. The van der Waals surface area contributed by atoms with Gasteiger partial charge in [-0.25, -0.2) is 0 Å². The molecule has 118 valence electrons. The largest absolute Gasteiger partial charge is 0.466 e. The summed E-state index contributed by atoms with van der Waals surface area (Å²) in [4.78, 5) is 11.3. The van der Waals surface area contributed by atoms with Gasteiger partial charge in [-0.05, 0) is 19.3 Å². The van der Waals surface area contributed by atoms with Crippen LogP contribution in [0.3, 0.4) is 0 Å². The van der Waals surface area contributed by atoms with Gasteiger partial charge < -0.3 is 9.47 Å². The highest BCUT2D eigenvalue weighted by atomic mass is 16.6. The number of epoxide rings is 1. The fourth-order valence-corrected chi connectivity index (χ4v) is 2.54. The summed E-state index contributed by atoms with van der Waals surface area (Å²) in [6.07, 6.45) is 13.6. The van der Waals surface area contributed by atoms with E-state index in [-0.39, 0.29) is 5.97 Å². The van der Waals surface area contributed by atoms with E-state index in [4.69, 9.17) is 9.47 Å². The van der Waals surface area contributed by atoms with Gasteiger partial charge in [-0.1, -0.05) is 58.8 Å². The predicted octanol–water partition coefficient (Wildman–Crippen LogP) is 4.63. The quantitative estimate of drug-likeness (QED) is 0.281. The van der Waals surface area contributed by atoms with Crippen molar-refractivity contribution in [3.05, 3.63) is 0 Å². The van der Waals surface area contributed by atoms with Crippen molar-refractivity contribution in [2.75, 3.05) is 6.61 Å². The van der Waals surface area contributed by atoms with Gasteiger partial charge in [0.05, 0.1) is 18.8 Å². The summed E-state index contributed by atoms with van der Waals surface area (Å²) in [5, 5.41) is 0. The minimum Gasteiger partial charge on any atom is -0.466 e. The van der Waals surface area contributed by atoms with Crippen molar-refractivity contribution in [3.63, 3.8) is 0 Å². The lowest BCUT2D eigenvalue weighted by Gasteiger charge is -2.01. The fourth-order valence-electron chi connectivity index (χ4n) is 2.54. The van der Waals surface area contributed by atoms with Crippen molar-refractivity contribution in [2.24, 2.45) is 0 Å². The highest BCUT2D eigenvalue weighted by Gasteiger charge is 2.37. The minimum absolute atomic E-state index is 0.0722. The lowest BCUT2D eigenvalue weighted by Crippen LogP contribution is -2.07. The van der Waals surface area contributed by atoms with E-state index >= 15 is 0 Å². The van der Waals surface area contributed by atoms with Crippen LogP contribution in [-0.4, -0.2) is 24.8 Å². The summed E-state index contributed by atoms with van der Waals surface area (Å²) < 4.78 is 10.7. The number of hydrogen-bond acceptors (Lipinski definition) is 3. The summed E-state index contributed by atoms with van der Waals surface area (Å²) >= 11 is 0. The van der Waals surface area contributed by atoms with Crippen molar-refractivity contribution in [1.29, 1.82) is 0 Å². The first-order valence-corrected chi connectivity index (χ1v) is 8.59. The van der Waals surface area contributed by atoms with Crippen LogP contribution in [0, 0.1) is 0 Å². The Balaban J connectivity index is 1.85. The molecule has 0 radical (unpaired) electrons. The van der Waals surface area contributed by atoms with Crippen LogP contribution in [0.25, 0.3) is 0 Å². The average molecular weight is 284 g/mol. The summed E-state index contributed by atoms with van der Waals surface area (Å²) in [5.41, 5.74) is 0. The molecule has 0 aliphatic carbocycles. The Morgan fingerprint density at radius 3 is 2.25 bits per heavy atom. The van der Waals surface area contributed by atoms with Crippen LogP contribution < -0.4 is 0 Å². The molecule has 1 fully saturated rings. The lowest BCUT2D eigenvalue weighted by atomic mass is 10.1. The van der Waals surface area contributed by atoms with Gasteiger partial charge in [0.1, 0.15) is 0 Å². The maximum atomic E-state index is 11.3. The Bertz CT molecular complexity index is 253. The first-order chi connectivity index (χ1) is 9.77. The molecule has 2 atom stereocenters. The Hall–Kier alpha value is -0.570. The number of hydrogen-bond donors (Lipinski definition) is 0. The molecular formula is C17H32O3. The smallest absolute Gasteiger partial charge is 0.305 e. The normalized spacial score (nSPS) is 20.9. The van der Waals surface area contributed by atoms with E-state index in [0.29, 0.717) is 25.2 Å². The van der Waals surface area contributed by atoms with Crippen LogP contribution in [0.4, 0.5) is 0 Å². The monoisotopic (exact) mass is 284 g/mol. The second-order valence-electron chi connectivity index (χ2n) is 5.88. The molecule has 3 nitrogen and oxygen atoms in total.